The van der Waals surface area contributed by atoms with E-state index in [0.717, 1.165) is 18.4 Å². The van der Waals surface area contributed by atoms with Gasteiger partial charge in [-0.1, -0.05) is 0 Å². The zero-order chi connectivity index (χ0) is 25.3. The predicted molar refractivity (Wildman–Crippen MR) is 136 cm³/mol. The SMILES string of the molecule is COc1ccc(-c2cc3ncn(C)c(=O)c3c(NCc3ccncc3)n2)cc1S(=O)(=O)N1CCCC1. The Hall–Kier alpha value is -3.83. The molecule has 11 heteroatoms. The lowest BCUT2D eigenvalue weighted by Gasteiger charge is -2.18. The van der Waals surface area contributed by atoms with Gasteiger partial charge < -0.3 is 14.6 Å². The summed E-state index contributed by atoms with van der Waals surface area (Å²) in [5, 5.41) is 3.61. The molecule has 1 fully saturated rings. The van der Waals surface area contributed by atoms with Crippen LogP contribution in [0.15, 0.2) is 64.8 Å². The summed E-state index contributed by atoms with van der Waals surface area (Å²) in [4.78, 5) is 26.2. The molecule has 4 heterocycles. The van der Waals surface area contributed by atoms with Crippen LogP contribution >= 0.6 is 0 Å². The van der Waals surface area contributed by atoms with E-state index in [1.807, 2.05) is 12.1 Å². The summed E-state index contributed by atoms with van der Waals surface area (Å²) in [5.74, 6) is 0.641. The van der Waals surface area contributed by atoms with Gasteiger partial charge in [-0.2, -0.15) is 4.31 Å². The molecule has 0 bridgehead atoms. The topological polar surface area (TPSA) is 119 Å². The molecular weight excluding hydrogens is 480 g/mol. The van der Waals surface area contributed by atoms with Gasteiger partial charge >= 0.3 is 0 Å². The van der Waals surface area contributed by atoms with Crippen molar-refractivity contribution in [3.8, 4) is 17.0 Å². The molecule has 1 aromatic carbocycles. The maximum Gasteiger partial charge on any atom is 0.264 e. The van der Waals surface area contributed by atoms with Gasteiger partial charge in [-0.05, 0) is 54.8 Å². The zero-order valence-electron chi connectivity index (χ0n) is 20.0. The highest BCUT2D eigenvalue weighted by Crippen LogP contribution is 2.34. The Morgan fingerprint density at radius 2 is 1.83 bits per heavy atom. The number of nitrogens with one attached hydrogen (secondary N) is 1. The Morgan fingerprint density at radius 1 is 1.08 bits per heavy atom. The Kier molecular flexibility index (Phi) is 6.42. The van der Waals surface area contributed by atoms with Crippen molar-refractivity contribution in [1.29, 1.82) is 0 Å². The molecule has 0 spiro atoms. The second-order valence-electron chi connectivity index (χ2n) is 8.60. The first-order valence-corrected chi connectivity index (χ1v) is 13.0. The van der Waals surface area contributed by atoms with E-state index in [4.69, 9.17) is 9.72 Å². The molecule has 3 aromatic heterocycles. The van der Waals surface area contributed by atoms with E-state index in [0.29, 0.717) is 47.6 Å². The van der Waals surface area contributed by atoms with Gasteiger partial charge in [0.1, 0.15) is 21.8 Å². The summed E-state index contributed by atoms with van der Waals surface area (Å²) in [7, 11) is -0.648. The van der Waals surface area contributed by atoms with Crippen LogP contribution in [0.2, 0.25) is 0 Å². The monoisotopic (exact) mass is 506 g/mol. The number of methoxy groups -OCH3 is 1. The number of benzene rings is 1. The summed E-state index contributed by atoms with van der Waals surface area (Å²) >= 11 is 0. The second-order valence-corrected chi connectivity index (χ2v) is 10.5. The van der Waals surface area contributed by atoms with E-state index in [-0.39, 0.29) is 16.2 Å². The zero-order valence-corrected chi connectivity index (χ0v) is 20.8. The highest BCUT2D eigenvalue weighted by atomic mass is 32.2. The van der Waals surface area contributed by atoms with Gasteiger partial charge in [-0.25, -0.2) is 18.4 Å². The van der Waals surface area contributed by atoms with Crippen molar-refractivity contribution in [3.05, 3.63) is 71.0 Å². The lowest BCUT2D eigenvalue weighted by molar-refractivity contribution is 0.398. The molecule has 1 aliphatic heterocycles. The molecule has 1 saturated heterocycles. The van der Waals surface area contributed by atoms with Gasteiger partial charge in [-0.3, -0.25) is 9.78 Å². The van der Waals surface area contributed by atoms with Crippen LogP contribution in [-0.4, -0.2) is 52.4 Å². The molecule has 5 rings (SSSR count). The van der Waals surface area contributed by atoms with E-state index in [9.17, 15) is 13.2 Å². The molecule has 0 unspecified atom stereocenters. The third kappa shape index (κ3) is 4.42. The number of nitrogens with zero attached hydrogens (tertiary/aromatic N) is 5. The van der Waals surface area contributed by atoms with Gasteiger partial charge in [0.2, 0.25) is 10.0 Å². The fourth-order valence-electron chi connectivity index (χ4n) is 4.29. The molecular formula is C25H26N6O4S. The standard InChI is InChI=1S/C25H26N6O4S/c1-30-16-28-20-14-19(29-24(23(20)25(30)32)27-15-17-7-9-26-10-8-17)18-5-6-21(35-2)22(13-18)36(33,34)31-11-3-4-12-31/h5-10,13-14,16H,3-4,11-12,15H2,1-2H3,(H,27,29). The van der Waals surface area contributed by atoms with Gasteiger partial charge in [0.15, 0.2) is 0 Å². The average Bonchev–Trinajstić information content (AvgIpc) is 3.46. The highest BCUT2D eigenvalue weighted by molar-refractivity contribution is 7.89. The third-order valence-electron chi connectivity index (χ3n) is 6.25. The van der Waals surface area contributed by atoms with E-state index in [2.05, 4.69) is 15.3 Å². The molecule has 0 radical (unpaired) electrons. The van der Waals surface area contributed by atoms with Crippen molar-refractivity contribution in [2.75, 3.05) is 25.5 Å². The highest BCUT2D eigenvalue weighted by Gasteiger charge is 2.30. The first-order chi connectivity index (χ1) is 17.4. The maximum absolute atomic E-state index is 13.4. The van der Waals surface area contributed by atoms with Crippen molar-refractivity contribution < 1.29 is 13.2 Å². The van der Waals surface area contributed by atoms with Gasteiger partial charge in [0.25, 0.3) is 5.56 Å². The molecule has 36 heavy (non-hydrogen) atoms. The smallest absolute Gasteiger partial charge is 0.264 e. The van der Waals surface area contributed by atoms with E-state index in [1.165, 1.54) is 22.3 Å². The summed E-state index contributed by atoms with van der Waals surface area (Å²) in [6, 6.07) is 10.4. The molecule has 1 N–H and O–H groups in total. The third-order valence-corrected chi connectivity index (χ3v) is 8.17. The lowest BCUT2D eigenvalue weighted by atomic mass is 10.1. The minimum atomic E-state index is -3.73. The molecule has 0 saturated carbocycles. The van der Waals surface area contributed by atoms with Crippen molar-refractivity contribution in [3.63, 3.8) is 0 Å². The van der Waals surface area contributed by atoms with Crippen LogP contribution in [-0.2, 0) is 23.6 Å². The van der Waals surface area contributed by atoms with E-state index >= 15 is 0 Å². The fourth-order valence-corrected chi connectivity index (χ4v) is 5.99. The lowest BCUT2D eigenvalue weighted by Crippen LogP contribution is -2.28. The number of fused-ring (bicyclic) bond motifs is 1. The Balaban J connectivity index is 1.63. The summed E-state index contributed by atoms with van der Waals surface area (Å²) in [6.07, 6.45) is 6.51. The number of hydrogen-bond donors (Lipinski definition) is 1. The largest absolute Gasteiger partial charge is 0.495 e. The van der Waals surface area contributed by atoms with Crippen LogP contribution in [0.4, 0.5) is 5.82 Å². The quantitative estimate of drug-likeness (QED) is 0.406. The molecule has 10 nitrogen and oxygen atoms in total. The minimum absolute atomic E-state index is 0.0922. The van der Waals surface area contributed by atoms with Gasteiger partial charge in [-0.15, -0.1) is 0 Å². The van der Waals surface area contributed by atoms with Crippen LogP contribution in [0.5, 0.6) is 5.75 Å². The number of pyridine rings is 2. The minimum Gasteiger partial charge on any atom is -0.495 e. The molecule has 1 aliphatic rings. The van der Waals surface area contributed by atoms with Crippen molar-refractivity contribution in [2.45, 2.75) is 24.3 Å². The number of sulfonamides is 1. The molecule has 4 aromatic rings. The summed E-state index contributed by atoms with van der Waals surface area (Å²) in [6.45, 7) is 1.39. The number of rotatable bonds is 7. The van der Waals surface area contributed by atoms with Crippen LogP contribution in [0.1, 0.15) is 18.4 Å². The van der Waals surface area contributed by atoms with Crippen LogP contribution < -0.4 is 15.6 Å². The second kappa shape index (κ2) is 9.67. The number of anilines is 1. The number of hydrogen-bond acceptors (Lipinski definition) is 8. The summed E-state index contributed by atoms with van der Waals surface area (Å²) < 4.78 is 35.0. The van der Waals surface area contributed by atoms with E-state index in [1.54, 1.807) is 43.7 Å². The number of aryl methyl sites for hydroxylation is 1. The first-order valence-electron chi connectivity index (χ1n) is 11.6. The van der Waals surface area contributed by atoms with Crippen LogP contribution in [0, 0.1) is 0 Å². The fraction of sp³-hybridized carbons (Fsp3) is 0.280. The summed E-state index contributed by atoms with van der Waals surface area (Å²) in [5.41, 5.74) is 2.25. The van der Waals surface area contributed by atoms with Crippen LogP contribution in [0.3, 0.4) is 0 Å². The maximum atomic E-state index is 13.4. The van der Waals surface area contributed by atoms with Crippen molar-refractivity contribution >= 4 is 26.7 Å². The van der Waals surface area contributed by atoms with Gasteiger partial charge in [0, 0.05) is 44.6 Å². The van der Waals surface area contributed by atoms with Crippen LogP contribution in [0.25, 0.3) is 22.2 Å². The number of ether oxygens (including phenoxy) is 1. The Morgan fingerprint density at radius 3 is 2.56 bits per heavy atom. The van der Waals surface area contributed by atoms with E-state index < -0.39 is 10.0 Å². The first kappa shape index (κ1) is 23.9. The molecule has 0 aliphatic carbocycles. The van der Waals surface area contributed by atoms with Crippen molar-refractivity contribution in [1.82, 2.24) is 23.8 Å². The normalized spacial score (nSPS) is 14.3. The van der Waals surface area contributed by atoms with Gasteiger partial charge in [0.05, 0.1) is 24.6 Å². The molecule has 0 atom stereocenters. The molecule has 0 amide bonds. The Bertz CT molecular complexity index is 1580. The predicted octanol–water partition coefficient (Wildman–Crippen LogP) is 2.80. The number of aromatic nitrogens is 4. The van der Waals surface area contributed by atoms with Crippen molar-refractivity contribution in [2.24, 2.45) is 7.05 Å². The Labute approximate surface area is 208 Å². The average molecular weight is 507 g/mol. The molecule has 186 valence electrons.